The van der Waals surface area contributed by atoms with Crippen LogP contribution in [0.2, 0.25) is 0 Å². The molecule has 20 heavy (non-hydrogen) atoms. The topological polar surface area (TPSA) is 62.2 Å². The van der Waals surface area contributed by atoms with Crippen molar-refractivity contribution in [1.82, 2.24) is 25.3 Å². The molecule has 1 aromatic rings. The Kier molecular flexibility index (Phi) is 4.77. The molecule has 1 aliphatic heterocycles. The van der Waals surface area contributed by atoms with Crippen molar-refractivity contribution in [2.24, 2.45) is 7.05 Å². The highest BCUT2D eigenvalue weighted by Crippen LogP contribution is 2.25. The van der Waals surface area contributed by atoms with Gasteiger partial charge in [-0.2, -0.15) is 5.10 Å². The van der Waals surface area contributed by atoms with Gasteiger partial charge in [0.2, 0.25) is 5.91 Å². The second-order valence-electron chi connectivity index (χ2n) is 5.37. The van der Waals surface area contributed by atoms with Gasteiger partial charge in [-0.05, 0) is 20.8 Å². The van der Waals surface area contributed by atoms with Crippen LogP contribution in [0.5, 0.6) is 0 Å². The minimum atomic E-state index is -0.113. The lowest BCUT2D eigenvalue weighted by Gasteiger charge is -2.39. The van der Waals surface area contributed by atoms with E-state index in [1.54, 1.807) is 0 Å². The number of carbonyl (C=O) groups is 1. The molecule has 1 aliphatic rings. The predicted octanol–water partition coefficient (Wildman–Crippen LogP) is 0.199. The van der Waals surface area contributed by atoms with E-state index < -0.39 is 0 Å². The minimum absolute atomic E-state index is 0.105. The predicted molar refractivity (Wildman–Crippen MR) is 78.4 cm³/mol. The van der Waals surface area contributed by atoms with E-state index in [1.165, 1.54) is 5.56 Å². The highest BCUT2D eigenvalue weighted by molar-refractivity contribution is 5.82. The fourth-order valence-corrected chi connectivity index (χ4v) is 2.93. The Morgan fingerprint density at radius 1 is 1.65 bits per heavy atom. The smallest absolute Gasteiger partial charge is 0.238 e. The third-order valence-corrected chi connectivity index (χ3v) is 3.94. The van der Waals surface area contributed by atoms with Gasteiger partial charge in [-0.15, -0.1) is 0 Å². The number of piperazine rings is 1. The van der Waals surface area contributed by atoms with E-state index >= 15 is 0 Å². The van der Waals surface area contributed by atoms with Crippen LogP contribution in [0, 0.1) is 6.92 Å². The molecule has 1 fully saturated rings. The largest absolute Gasteiger partial charge is 0.355 e. The number of aromatic nitrogens is 2. The van der Waals surface area contributed by atoms with Crippen LogP contribution in [0.3, 0.4) is 0 Å². The number of hydrogen-bond acceptors (Lipinski definition) is 4. The summed E-state index contributed by atoms with van der Waals surface area (Å²) in [7, 11) is 1.93. The Hall–Kier alpha value is -1.40. The van der Waals surface area contributed by atoms with Crippen molar-refractivity contribution >= 4 is 5.91 Å². The van der Waals surface area contributed by atoms with E-state index in [2.05, 4.69) is 33.8 Å². The summed E-state index contributed by atoms with van der Waals surface area (Å²) in [5, 5.41) is 10.6. The lowest BCUT2D eigenvalue weighted by molar-refractivity contribution is -0.128. The fourth-order valence-electron chi connectivity index (χ4n) is 2.93. The minimum Gasteiger partial charge on any atom is -0.355 e. The molecule has 2 heterocycles. The molecule has 1 aromatic heterocycles. The van der Waals surface area contributed by atoms with Crippen LogP contribution < -0.4 is 10.6 Å². The Labute approximate surface area is 120 Å². The lowest BCUT2D eigenvalue weighted by Crippen LogP contribution is -2.58. The monoisotopic (exact) mass is 279 g/mol. The van der Waals surface area contributed by atoms with Crippen molar-refractivity contribution in [3.05, 3.63) is 17.5 Å². The highest BCUT2D eigenvalue weighted by atomic mass is 16.2. The van der Waals surface area contributed by atoms with Crippen LogP contribution in [0.1, 0.15) is 31.1 Å². The Morgan fingerprint density at radius 2 is 2.40 bits per heavy atom. The maximum absolute atomic E-state index is 12.2. The molecule has 112 valence electrons. The van der Waals surface area contributed by atoms with Gasteiger partial charge in [0.25, 0.3) is 0 Å². The number of amides is 1. The molecule has 2 N–H and O–H groups in total. The van der Waals surface area contributed by atoms with Gasteiger partial charge in [0.05, 0.1) is 5.69 Å². The molecular formula is C14H25N5O. The summed E-state index contributed by atoms with van der Waals surface area (Å²) in [6.07, 6.45) is 2.05. The molecule has 6 nitrogen and oxygen atoms in total. The summed E-state index contributed by atoms with van der Waals surface area (Å²) in [5.74, 6) is 0.105. The lowest BCUT2D eigenvalue weighted by atomic mass is 10.0. The van der Waals surface area contributed by atoms with Crippen molar-refractivity contribution in [3.63, 3.8) is 0 Å². The normalized spacial score (nSPS) is 21.7. The highest BCUT2D eigenvalue weighted by Gasteiger charge is 2.33. The summed E-state index contributed by atoms with van der Waals surface area (Å²) < 4.78 is 1.84. The number of rotatable bonds is 4. The molecule has 1 amide bonds. The average Bonchev–Trinajstić information content (AvgIpc) is 2.77. The number of nitrogens with one attached hydrogen (secondary N) is 2. The van der Waals surface area contributed by atoms with E-state index in [9.17, 15) is 4.79 Å². The van der Waals surface area contributed by atoms with Gasteiger partial charge in [0.15, 0.2) is 0 Å². The van der Waals surface area contributed by atoms with Gasteiger partial charge in [0, 0.05) is 51.0 Å². The van der Waals surface area contributed by atoms with Crippen LogP contribution in [0.25, 0.3) is 0 Å². The molecule has 0 radical (unpaired) electrons. The summed E-state index contributed by atoms with van der Waals surface area (Å²) in [6.45, 7) is 9.29. The van der Waals surface area contributed by atoms with E-state index in [4.69, 9.17) is 0 Å². The SMILES string of the molecule is CCNC(=O)C1CNCCN1C(C)c1cn(C)nc1C. The van der Waals surface area contributed by atoms with Crippen molar-refractivity contribution < 1.29 is 4.79 Å². The average molecular weight is 279 g/mol. The molecule has 2 atom stereocenters. The summed E-state index contributed by atoms with van der Waals surface area (Å²) in [6, 6.07) is 0.0803. The van der Waals surface area contributed by atoms with E-state index in [0.717, 1.165) is 18.8 Å². The van der Waals surface area contributed by atoms with E-state index in [-0.39, 0.29) is 18.0 Å². The first kappa shape index (κ1) is 15.0. The summed E-state index contributed by atoms with van der Waals surface area (Å²) in [4.78, 5) is 14.5. The van der Waals surface area contributed by atoms with Crippen LogP contribution in [-0.2, 0) is 11.8 Å². The first-order chi connectivity index (χ1) is 9.54. The molecule has 1 saturated heterocycles. The van der Waals surface area contributed by atoms with E-state index in [1.807, 2.05) is 25.6 Å². The molecule has 2 unspecified atom stereocenters. The molecule has 6 heteroatoms. The molecule has 0 aromatic carbocycles. The molecule has 0 bridgehead atoms. The first-order valence-electron chi connectivity index (χ1n) is 7.29. The maximum Gasteiger partial charge on any atom is 0.238 e. The zero-order valence-electron chi connectivity index (χ0n) is 12.8. The van der Waals surface area contributed by atoms with Gasteiger partial charge in [-0.1, -0.05) is 0 Å². The Balaban J connectivity index is 2.19. The van der Waals surface area contributed by atoms with Crippen LogP contribution in [-0.4, -0.2) is 52.8 Å². The standard InChI is InChI=1S/C14H25N5O/c1-5-16-14(20)13-8-15-6-7-19(13)11(3)12-9-18(4)17-10(12)2/h9,11,13,15H,5-8H2,1-4H3,(H,16,20). The van der Waals surface area contributed by atoms with Crippen molar-refractivity contribution in [3.8, 4) is 0 Å². The molecule has 2 rings (SSSR count). The van der Waals surface area contributed by atoms with E-state index in [0.29, 0.717) is 13.1 Å². The van der Waals surface area contributed by atoms with Gasteiger partial charge < -0.3 is 10.6 Å². The maximum atomic E-state index is 12.2. The Bertz CT molecular complexity index is 470. The zero-order chi connectivity index (χ0) is 14.7. The number of likely N-dealkylation sites (N-methyl/N-ethyl adjacent to an activating group) is 1. The fraction of sp³-hybridized carbons (Fsp3) is 0.714. The first-order valence-corrected chi connectivity index (χ1v) is 7.29. The quantitative estimate of drug-likeness (QED) is 0.826. The number of nitrogens with zero attached hydrogens (tertiary/aromatic N) is 3. The third kappa shape index (κ3) is 3.02. The van der Waals surface area contributed by atoms with Gasteiger partial charge in [0.1, 0.15) is 6.04 Å². The second kappa shape index (κ2) is 6.37. The van der Waals surface area contributed by atoms with Gasteiger partial charge in [-0.3, -0.25) is 14.4 Å². The van der Waals surface area contributed by atoms with Gasteiger partial charge >= 0.3 is 0 Å². The van der Waals surface area contributed by atoms with Crippen LogP contribution in [0.4, 0.5) is 0 Å². The third-order valence-electron chi connectivity index (χ3n) is 3.94. The second-order valence-corrected chi connectivity index (χ2v) is 5.37. The summed E-state index contributed by atoms with van der Waals surface area (Å²) in [5.41, 5.74) is 2.23. The van der Waals surface area contributed by atoms with Crippen LogP contribution in [0.15, 0.2) is 6.20 Å². The summed E-state index contributed by atoms with van der Waals surface area (Å²) >= 11 is 0. The Morgan fingerprint density at radius 3 is 3.00 bits per heavy atom. The van der Waals surface area contributed by atoms with Crippen LogP contribution >= 0.6 is 0 Å². The number of aryl methyl sites for hydroxylation is 2. The van der Waals surface area contributed by atoms with Gasteiger partial charge in [-0.25, -0.2) is 0 Å². The molecule has 0 saturated carbocycles. The molecule has 0 aliphatic carbocycles. The zero-order valence-corrected chi connectivity index (χ0v) is 12.8. The van der Waals surface area contributed by atoms with Crippen molar-refractivity contribution in [1.29, 1.82) is 0 Å². The molecular weight excluding hydrogens is 254 g/mol. The molecule has 0 spiro atoms. The van der Waals surface area contributed by atoms with Crippen molar-refractivity contribution in [2.45, 2.75) is 32.9 Å². The van der Waals surface area contributed by atoms with Crippen molar-refractivity contribution in [2.75, 3.05) is 26.2 Å². The number of hydrogen-bond donors (Lipinski definition) is 2. The number of carbonyl (C=O) groups excluding carboxylic acids is 1.